The molecule has 2 rings (SSSR count). The fourth-order valence-corrected chi connectivity index (χ4v) is 4.06. The molecule has 0 aliphatic heterocycles. The van der Waals surface area contributed by atoms with Crippen molar-refractivity contribution in [2.24, 2.45) is 5.92 Å². The first kappa shape index (κ1) is 17.0. The molecule has 0 saturated heterocycles. The van der Waals surface area contributed by atoms with Gasteiger partial charge in [-0.2, -0.15) is 0 Å². The van der Waals surface area contributed by atoms with Gasteiger partial charge in [0.05, 0.1) is 0 Å². The van der Waals surface area contributed by atoms with Crippen LogP contribution in [0.25, 0.3) is 0 Å². The molecule has 21 heavy (non-hydrogen) atoms. The van der Waals surface area contributed by atoms with Crippen molar-refractivity contribution in [1.29, 1.82) is 0 Å². The molecule has 1 atom stereocenters. The van der Waals surface area contributed by atoms with Crippen LogP contribution in [0.1, 0.15) is 57.4 Å². The summed E-state index contributed by atoms with van der Waals surface area (Å²) in [5.74, 6) is 0.692. The highest BCUT2D eigenvalue weighted by Crippen LogP contribution is 2.27. The molecular formula is C18H27BrFN. The summed E-state index contributed by atoms with van der Waals surface area (Å²) < 4.78 is 14.4. The van der Waals surface area contributed by atoms with Gasteiger partial charge in [-0.25, -0.2) is 4.39 Å². The second-order valence-corrected chi connectivity index (χ2v) is 7.25. The average molecular weight is 356 g/mol. The minimum Gasteiger partial charge on any atom is -0.314 e. The summed E-state index contributed by atoms with van der Waals surface area (Å²) >= 11 is 3.39. The van der Waals surface area contributed by atoms with Crippen LogP contribution in [0.15, 0.2) is 22.7 Å². The minimum atomic E-state index is -0.149. The number of benzene rings is 1. The van der Waals surface area contributed by atoms with Gasteiger partial charge in [0, 0.05) is 10.5 Å². The van der Waals surface area contributed by atoms with Crippen LogP contribution in [0.2, 0.25) is 0 Å². The van der Waals surface area contributed by atoms with Gasteiger partial charge in [-0.15, -0.1) is 0 Å². The number of hydrogen-bond acceptors (Lipinski definition) is 1. The largest absolute Gasteiger partial charge is 0.314 e. The smallest absolute Gasteiger partial charge is 0.124 e. The SMILES string of the molecule is CCNC(Cc1cc(F)cc(Br)c1)CC1CCCCCC1. The quantitative estimate of drug-likeness (QED) is 0.667. The van der Waals surface area contributed by atoms with Gasteiger partial charge < -0.3 is 5.32 Å². The zero-order chi connectivity index (χ0) is 15.1. The third-order valence-electron chi connectivity index (χ3n) is 4.49. The Labute approximate surface area is 136 Å². The predicted molar refractivity (Wildman–Crippen MR) is 91.1 cm³/mol. The molecular weight excluding hydrogens is 329 g/mol. The molecule has 0 radical (unpaired) electrons. The van der Waals surface area contributed by atoms with E-state index in [1.165, 1.54) is 51.0 Å². The molecule has 0 aromatic heterocycles. The van der Waals surface area contributed by atoms with Gasteiger partial charge in [-0.3, -0.25) is 0 Å². The monoisotopic (exact) mass is 355 g/mol. The molecule has 1 saturated carbocycles. The molecule has 0 amide bonds. The first-order valence-electron chi connectivity index (χ1n) is 8.35. The highest BCUT2D eigenvalue weighted by atomic mass is 79.9. The first-order valence-corrected chi connectivity index (χ1v) is 9.15. The van der Waals surface area contributed by atoms with Crippen LogP contribution in [0.3, 0.4) is 0 Å². The summed E-state index contributed by atoms with van der Waals surface area (Å²) in [7, 11) is 0. The number of rotatable bonds is 6. The number of hydrogen-bond donors (Lipinski definition) is 1. The maximum absolute atomic E-state index is 13.5. The third kappa shape index (κ3) is 6.07. The minimum absolute atomic E-state index is 0.149. The van der Waals surface area contributed by atoms with Crippen LogP contribution in [0.5, 0.6) is 0 Å². The number of halogens is 2. The van der Waals surface area contributed by atoms with Crippen molar-refractivity contribution in [3.8, 4) is 0 Å². The standard InChI is InChI=1S/C18H27BrFN/c1-2-21-18(11-14-7-5-3-4-6-8-14)12-15-9-16(19)13-17(20)10-15/h9-10,13-14,18,21H,2-8,11-12H2,1H3. The van der Waals surface area contributed by atoms with Gasteiger partial charge in [-0.1, -0.05) is 61.4 Å². The van der Waals surface area contributed by atoms with Crippen LogP contribution in [0.4, 0.5) is 4.39 Å². The van der Waals surface area contributed by atoms with E-state index in [9.17, 15) is 4.39 Å². The van der Waals surface area contributed by atoms with Crippen molar-refractivity contribution < 1.29 is 4.39 Å². The number of nitrogens with one attached hydrogen (secondary N) is 1. The molecule has 3 heteroatoms. The molecule has 1 fully saturated rings. The summed E-state index contributed by atoms with van der Waals surface area (Å²) in [5, 5.41) is 3.60. The zero-order valence-corrected chi connectivity index (χ0v) is 14.6. The molecule has 0 bridgehead atoms. The van der Waals surface area contributed by atoms with Crippen LogP contribution in [-0.4, -0.2) is 12.6 Å². The lowest BCUT2D eigenvalue weighted by Gasteiger charge is -2.23. The topological polar surface area (TPSA) is 12.0 Å². The van der Waals surface area contributed by atoms with Crippen LogP contribution < -0.4 is 5.32 Å². The van der Waals surface area contributed by atoms with E-state index in [2.05, 4.69) is 28.2 Å². The predicted octanol–water partition coefficient (Wildman–Crippen LogP) is 5.47. The Bertz CT molecular complexity index is 407. The van der Waals surface area contributed by atoms with Crippen LogP contribution in [0, 0.1) is 11.7 Å². The normalized spacial score (nSPS) is 18.4. The van der Waals surface area contributed by atoms with Crippen LogP contribution in [-0.2, 0) is 6.42 Å². The summed E-state index contributed by atoms with van der Waals surface area (Å²) in [4.78, 5) is 0. The zero-order valence-electron chi connectivity index (χ0n) is 13.0. The molecule has 0 spiro atoms. The van der Waals surface area contributed by atoms with E-state index < -0.39 is 0 Å². The summed E-state index contributed by atoms with van der Waals surface area (Å²) in [6.45, 7) is 3.13. The van der Waals surface area contributed by atoms with Crippen molar-refractivity contribution in [1.82, 2.24) is 5.32 Å². The Morgan fingerprint density at radius 2 is 1.90 bits per heavy atom. The fourth-order valence-electron chi connectivity index (χ4n) is 3.54. The Hall–Kier alpha value is -0.410. The molecule has 1 aliphatic carbocycles. The van der Waals surface area contributed by atoms with Crippen LogP contribution >= 0.6 is 15.9 Å². The van der Waals surface area contributed by atoms with E-state index >= 15 is 0 Å². The van der Waals surface area contributed by atoms with E-state index in [0.29, 0.717) is 6.04 Å². The average Bonchev–Trinajstić information content (AvgIpc) is 2.66. The van der Waals surface area contributed by atoms with Crippen molar-refractivity contribution in [3.05, 3.63) is 34.1 Å². The number of likely N-dealkylation sites (N-methyl/N-ethyl adjacent to an activating group) is 1. The lowest BCUT2D eigenvalue weighted by atomic mass is 9.90. The molecule has 1 aromatic rings. The molecule has 1 N–H and O–H groups in total. The molecule has 1 aliphatic rings. The lowest BCUT2D eigenvalue weighted by Crippen LogP contribution is -2.33. The Kier molecular flexibility index (Phi) is 7.18. The van der Waals surface area contributed by atoms with Gasteiger partial charge in [0.1, 0.15) is 5.82 Å². The summed E-state index contributed by atoms with van der Waals surface area (Å²) in [5.41, 5.74) is 1.08. The Balaban J connectivity index is 1.97. The molecule has 0 heterocycles. The lowest BCUT2D eigenvalue weighted by molar-refractivity contribution is 0.352. The maximum atomic E-state index is 13.5. The van der Waals surface area contributed by atoms with Crippen molar-refractivity contribution in [3.63, 3.8) is 0 Å². The molecule has 1 unspecified atom stereocenters. The highest BCUT2D eigenvalue weighted by molar-refractivity contribution is 9.10. The fraction of sp³-hybridized carbons (Fsp3) is 0.667. The summed E-state index contributed by atoms with van der Waals surface area (Å²) in [6, 6.07) is 5.70. The van der Waals surface area contributed by atoms with Gasteiger partial charge >= 0.3 is 0 Å². The van der Waals surface area contributed by atoms with E-state index in [0.717, 1.165) is 28.9 Å². The second kappa shape index (κ2) is 8.89. The maximum Gasteiger partial charge on any atom is 0.124 e. The van der Waals surface area contributed by atoms with Crippen molar-refractivity contribution in [2.75, 3.05) is 6.54 Å². The Morgan fingerprint density at radius 1 is 1.19 bits per heavy atom. The van der Waals surface area contributed by atoms with Gasteiger partial charge in [0.25, 0.3) is 0 Å². The van der Waals surface area contributed by atoms with Crippen molar-refractivity contribution in [2.45, 2.75) is 64.3 Å². The van der Waals surface area contributed by atoms with E-state index in [-0.39, 0.29) is 5.82 Å². The van der Waals surface area contributed by atoms with E-state index in [4.69, 9.17) is 0 Å². The Morgan fingerprint density at radius 3 is 2.52 bits per heavy atom. The third-order valence-corrected chi connectivity index (χ3v) is 4.95. The first-order chi connectivity index (χ1) is 10.2. The van der Waals surface area contributed by atoms with E-state index in [1.807, 2.05) is 6.07 Å². The molecule has 1 aromatic carbocycles. The van der Waals surface area contributed by atoms with Crippen molar-refractivity contribution >= 4 is 15.9 Å². The van der Waals surface area contributed by atoms with Gasteiger partial charge in [0.2, 0.25) is 0 Å². The molecule has 1 nitrogen and oxygen atoms in total. The van der Waals surface area contributed by atoms with Gasteiger partial charge in [0.15, 0.2) is 0 Å². The second-order valence-electron chi connectivity index (χ2n) is 6.33. The molecule has 118 valence electrons. The van der Waals surface area contributed by atoms with E-state index in [1.54, 1.807) is 6.07 Å². The highest BCUT2D eigenvalue weighted by Gasteiger charge is 2.18. The van der Waals surface area contributed by atoms with Gasteiger partial charge in [-0.05, 0) is 49.1 Å². The summed E-state index contributed by atoms with van der Waals surface area (Å²) in [6.07, 6.45) is 10.5.